The zero-order valence-corrected chi connectivity index (χ0v) is 11.4. The summed E-state index contributed by atoms with van der Waals surface area (Å²) in [7, 11) is 0. The van der Waals surface area contributed by atoms with Gasteiger partial charge in [-0.05, 0) is 37.3 Å². The van der Waals surface area contributed by atoms with E-state index >= 15 is 0 Å². The molecular weight excluding hydrogens is 264 g/mol. The van der Waals surface area contributed by atoms with Crippen LogP contribution in [0, 0.1) is 12.8 Å². The Labute approximate surface area is 116 Å². The van der Waals surface area contributed by atoms with Crippen LogP contribution in [0.2, 0.25) is 5.15 Å². The Morgan fingerprint density at radius 2 is 2.37 bits per heavy atom. The summed E-state index contributed by atoms with van der Waals surface area (Å²) < 4.78 is 1.51. The van der Waals surface area contributed by atoms with Crippen LogP contribution in [0.1, 0.15) is 35.3 Å². The maximum atomic E-state index is 12.1. The molecule has 0 aromatic carbocycles. The number of nitrogens with zero attached hydrogens (tertiary/aromatic N) is 3. The first-order valence-electron chi connectivity index (χ1n) is 6.44. The zero-order chi connectivity index (χ0) is 13.4. The summed E-state index contributed by atoms with van der Waals surface area (Å²) in [5.74, 6) is 0.481. The number of imidazole rings is 1. The second kappa shape index (κ2) is 4.81. The van der Waals surface area contributed by atoms with E-state index in [4.69, 9.17) is 11.6 Å². The first-order chi connectivity index (χ1) is 9.15. The summed E-state index contributed by atoms with van der Waals surface area (Å²) in [6.07, 6.45) is 5.22. The van der Waals surface area contributed by atoms with E-state index in [1.165, 1.54) is 23.8 Å². The van der Waals surface area contributed by atoms with Crippen LogP contribution in [-0.2, 0) is 0 Å². The molecule has 1 fully saturated rings. The summed E-state index contributed by atoms with van der Waals surface area (Å²) in [6.45, 7) is 2.62. The zero-order valence-electron chi connectivity index (χ0n) is 10.7. The molecule has 5 nitrogen and oxygen atoms in total. The molecule has 3 rings (SSSR count). The molecule has 1 N–H and O–H groups in total. The lowest BCUT2D eigenvalue weighted by Crippen LogP contribution is -2.32. The molecule has 0 atom stereocenters. The molecule has 0 radical (unpaired) electrons. The van der Waals surface area contributed by atoms with Crippen molar-refractivity contribution >= 4 is 23.2 Å². The van der Waals surface area contributed by atoms with Gasteiger partial charge in [0, 0.05) is 6.54 Å². The van der Waals surface area contributed by atoms with E-state index in [0.29, 0.717) is 22.4 Å². The number of carbonyl (C=O) groups excluding carboxylic acids is 1. The first kappa shape index (κ1) is 12.4. The summed E-state index contributed by atoms with van der Waals surface area (Å²) in [5, 5.41) is 7.43. The first-order valence-corrected chi connectivity index (χ1v) is 6.82. The Bertz CT molecular complexity index is 633. The fourth-order valence-corrected chi connectivity index (χ4v) is 2.50. The van der Waals surface area contributed by atoms with Crippen molar-refractivity contribution in [3.8, 4) is 0 Å². The molecule has 1 aliphatic rings. The molecule has 1 saturated carbocycles. The third-order valence-corrected chi connectivity index (χ3v) is 3.82. The van der Waals surface area contributed by atoms with Gasteiger partial charge in [0.15, 0.2) is 11.3 Å². The summed E-state index contributed by atoms with van der Waals surface area (Å²) in [5.41, 5.74) is 2.00. The van der Waals surface area contributed by atoms with Gasteiger partial charge in [-0.3, -0.25) is 4.79 Å². The van der Waals surface area contributed by atoms with Crippen molar-refractivity contribution in [1.29, 1.82) is 0 Å². The second-order valence-corrected chi connectivity index (χ2v) is 5.42. The predicted molar refractivity (Wildman–Crippen MR) is 72.4 cm³/mol. The molecule has 2 heterocycles. The number of aryl methyl sites for hydroxylation is 1. The van der Waals surface area contributed by atoms with Crippen molar-refractivity contribution in [3.05, 3.63) is 28.7 Å². The number of fused-ring (bicyclic) bond motifs is 1. The Morgan fingerprint density at radius 3 is 3.05 bits per heavy atom. The molecule has 2 aromatic heterocycles. The fraction of sp³-hybridized carbons (Fsp3) is 0.462. The number of halogens is 1. The highest BCUT2D eigenvalue weighted by molar-refractivity contribution is 6.29. The number of aromatic nitrogens is 3. The summed E-state index contributed by atoms with van der Waals surface area (Å²) in [6, 6.07) is 1.74. The minimum absolute atomic E-state index is 0.145. The fourth-order valence-electron chi connectivity index (χ4n) is 2.26. The summed E-state index contributed by atoms with van der Waals surface area (Å²) in [4.78, 5) is 16.4. The van der Waals surface area contributed by atoms with Gasteiger partial charge in [-0.25, -0.2) is 9.50 Å². The molecule has 100 valence electrons. The molecule has 2 aromatic rings. The highest BCUT2D eigenvalue weighted by Gasteiger charge is 2.20. The van der Waals surface area contributed by atoms with Crippen molar-refractivity contribution in [2.75, 3.05) is 6.54 Å². The number of carbonyl (C=O) groups is 1. The molecule has 0 aliphatic heterocycles. The Balaban J connectivity index is 1.85. The number of nitrogens with one attached hydrogen (secondary N) is 1. The standard InChI is InChI=1S/C13H15ClN4O/c1-8-5-11(14)17-18-10(7-15-12(8)18)13(19)16-6-9-3-2-4-9/h5,7,9H,2-4,6H2,1H3,(H,16,19). The van der Waals surface area contributed by atoms with E-state index in [-0.39, 0.29) is 5.91 Å². The van der Waals surface area contributed by atoms with Crippen molar-refractivity contribution in [1.82, 2.24) is 19.9 Å². The lowest BCUT2D eigenvalue weighted by molar-refractivity contribution is 0.0932. The van der Waals surface area contributed by atoms with Crippen LogP contribution in [-0.4, -0.2) is 27.0 Å². The maximum absolute atomic E-state index is 12.1. The highest BCUT2D eigenvalue weighted by atomic mass is 35.5. The van der Waals surface area contributed by atoms with E-state index in [1.54, 1.807) is 12.3 Å². The second-order valence-electron chi connectivity index (χ2n) is 5.04. The largest absolute Gasteiger partial charge is 0.350 e. The van der Waals surface area contributed by atoms with Gasteiger partial charge < -0.3 is 5.32 Å². The van der Waals surface area contributed by atoms with Crippen molar-refractivity contribution in [2.45, 2.75) is 26.2 Å². The van der Waals surface area contributed by atoms with Gasteiger partial charge in [-0.1, -0.05) is 18.0 Å². The molecule has 1 aliphatic carbocycles. The van der Waals surface area contributed by atoms with E-state index in [0.717, 1.165) is 12.1 Å². The van der Waals surface area contributed by atoms with E-state index < -0.39 is 0 Å². The SMILES string of the molecule is Cc1cc(Cl)nn2c(C(=O)NCC3CCC3)cnc12. The molecule has 6 heteroatoms. The molecule has 19 heavy (non-hydrogen) atoms. The molecule has 0 unspecified atom stereocenters. The summed E-state index contributed by atoms with van der Waals surface area (Å²) >= 11 is 5.93. The third-order valence-electron chi connectivity index (χ3n) is 3.63. The van der Waals surface area contributed by atoms with Crippen LogP contribution >= 0.6 is 11.6 Å². The number of hydrogen-bond donors (Lipinski definition) is 1. The van der Waals surface area contributed by atoms with Gasteiger partial charge in [0.25, 0.3) is 5.91 Å². The Kier molecular flexibility index (Phi) is 3.14. The minimum Gasteiger partial charge on any atom is -0.350 e. The number of amides is 1. The van der Waals surface area contributed by atoms with Gasteiger partial charge in [0.2, 0.25) is 0 Å². The van der Waals surface area contributed by atoms with Gasteiger partial charge in [-0.2, -0.15) is 5.10 Å². The van der Waals surface area contributed by atoms with Crippen LogP contribution in [0.15, 0.2) is 12.3 Å². The number of rotatable bonds is 3. The van der Waals surface area contributed by atoms with E-state index in [2.05, 4.69) is 15.4 Å². The topological polar surface area (TPSA) is 59.3 Å². The quantitative estimate of drug-likeness (QED) is 0.936. The maximum Gasteiger partial charge on any atom is 0.271 e. The van der Waals surface area contributed by atoms with Crippen LogP contribution in [0.4, 0.5) is 0 Å². The normalized spacial score (nSPS) is 15.5. The predicted octanol–water partition coefficient (Wildman–Crippen LogP) is 2.22. The highest BCUT2D eigenvalue weighted by Crippen LogP contribution is 2.25. The minimum atomic E-state index is -0.145. The van der Waals surface area contributed by atoms with Crippen LogP contribution < -0.4 is 5.32 Å². The monoisotopic (exact) mass is 278 g/mol. The lowest BCUT2D eigenvalue weighted by atomic mass is 9.85. The van der Waals surface area contributed by atoms with Crippen molar-refractivity contribution in [3.63, 3.8) is 0 Å². The Hall–Kier alpha value is -1.62. The van der Waals surface area contributed by atoms with Crippen molar-refractivity contribution < 1.29 is 4.79 Å². The number of hydrogen-bond acceptors (Lipinski definition) is 3. The van der Waals surface area contributed by atoms with Crippen LogP contribution in [0.3, 0.4) is 0 Å². The van der Waals surface area contributed by atoms with E-state index in [9.17, 15) is 4.79 Å². The molecule has 0 saturated heterocycles. The average Bonchev–Trinajstić information content (AvgIpc) is 2.70. The van der Waals surface area contributed by atoms with E-state index in [1.807, 2.05) is 6.92 Å². The van der Waals surface area contributed by atoms with Gasteiger partial charge in [0.1, 0.15) is 5.15 Å². The average molecular weight is 279 g/mol. The molecule has 1 amide bonds. The Morgan fingerprint density at radius 1 is 1.58 bits per heavy atom. The lowest BCUT2D eigenvalue weighted by Gasteiger charge is -2.25. The van der Waals surface area contributed by atoms with Gasteiger partial charge in [-0.15, -0.1) is 0 Å². The molecular formula is C13H15ClN4O. The third kappa shape index (κ3) is 2.30. The van der Waals surface area contributed by atoms with Gasteiger partial charge in [0.05, 0.1) is 6.20 Å². The van der Waals surface area contributed by atoms with Crippen LogP contribution in [0.5, 0.6) is 0 Å². The molecule has 0 spiro atoms. The molecule has 0 bridgehead atoms. The van der Waals surface area contributed by atoms with Crippen molar-refractivity contribution in [2.24, 2.45) is 5.92 Å². The van der Waals surface area contributed by atoms with Gasteiger partial charge >= 0.3 is 0 Å². The van der Waals surface area contributed by atoms with Crippen LogP contribution in [0.25, 0.3) is 5.65 Å². The smallest absolute Gasteiger partial charge is 0.271 e.